The number of benzene rings is 1. The molecule has 0 saturated carbocycles. The molecule has 1 fully saturated rings. The molecule has 1 saturated heterocycles. The van der Waals surface area contributed by atoms with E-state index in [4.69, 9.17) is 4.74 Å². The van der Waals surface area contributed by atoms with Crippen LogP contribution in [0.25, 0.3) is 0 Å². The Balaban J connectivity index is 1.45. The molecule has 178 valence electrons. The number of anilines is 2. The van der Waals surface area contributed by atoms with Crippen molar-refractivity contribution in [3.8, 4) is 0 Å². The van der Waals surface area contributed by atoms with E-state index in [1.807, 2.05) is 0 Å². The number of rotatable bonds is 5. The number of urea groups is 1. The van der Waals surface area contributed by atoms with Crippen LogP contribution in [0.15, 0.2) is 12.3 Å². The van der Waals surface area contributed by atoms with Gasteiger partial charge in [0, 0.05) is 25.9 Å². The van der Waals surface area contributed by atoms with Gasteiger partial charge in [-0.25, -0.2) is 9.10 Å². The summed E-state index contributed by atoms with van der Waals surface area (Å²) >= 11 is 0. The predicted octanol–water partition coefficient (Wildman–Crippen LogP) is 2.05. The predicted molar refractivity (Wildman–Crippen MR) is 121 cm³/mol. The number of carbonyl (C=O) groups is 1. The third-order valence-electron chi connectivity index (χ3n) is 6.67. The van der Waals surface area contributed by atoms with Gasteiger partial charge in [0.1, 0.15) is 0 Å². The van der Waals surface area contributed by atoms with E-state index in [2.05, 4.69) is 21.7 Å². The first kappa shape index (κ1) is 22.1. The average molecular weight is 476 g/mol. The number of nitrogens with zero attached hydrogens (tertiary/aromatic N) is 5. The van der Waals surface area contributed by atoms with Crippen molar-refractivity contribution in [2.45, 2.75) is 57.4 Å². The van der Waals surface area contributed by atoms with Crippen LogP contribution in [-0.2, 0) is 47.7 Å². The Kier molecular flexibility index (Phi) is 5.75. The zero-order valence-corrected chi connectivity index (χ0v) is 19.3. The Morgan fingerprint density at radius 2 is 1.79 bits per heavy atom. The number of carbonyl (C=O) groups excluding carboxylic acids is 1. The molecule has 3 aliphatic rings. The number of nitrogens with one attached hydrogen (secondary N) is 1. The highest BCUT2D eigenvalue weighted by atomic mass is 32.2. The van der Waals surface area contributed by atoms with Crippen LogP contribution in [-0.4, -0.2) is 53.2 Å². The van der Waals surface area contributed by atoms with Crippen molar-refractivity contribution in [2.24, 2.45) is 7.05 Å². The highest BCUT2D eigenvalue weighted by Gasteiger charge is 2.37. The van der Waals surface area contributed by atoms with Gasteiger partial charge in [-0.1, -0.05) is 11.3 Å². The minimum Gasteiger partial charge on any atom is -0.740 e. The number of amides is 2. The molecule has 11 nitrogen and oxygen atoms in total. The number of aryl methyl sites for hydroxylation is 3. The number of ether oxygens (including phenoxy) is 1. The van der Waals surface area contributed by atoms with Crippen molar-refractivity contribution in [2.75, 3.05) is 22.8 Å². The highest BCUT2D eigenvalue weighted by molar-refractivity contribution is 7.91. The molecule has 1 aromatic carbocycles. The molecule has 1 aliphatic heterocycles. The lowest BCUT2D eigenvalue weighted by molar-refractivity contribution is 0.0873. The fraction of sp³-hybridized carbons (Fsp3) is 0.571. The molecule has 0 spiro atoms. The summed E-state index contributed by atoms with van der Waals surface area (Å²) in [7, 11) is -3.16. The zero-order valence-electron chi connectivity index (χ0n) is 18.5. The lowest BCUT2D eigenvalue weighted by atomic mass is 9.99. The molecule has 33 heavy (non-hydrogen) atoms. The maximum atomic E-state index is 13.4. The zero-order chi connectivity index (χ0) is 23.2. The second-order valence-corrected chi connectivity index (χ2v) is 10.4. The molecule has 2 heterocycles. The van der Waals surface area contributed by atoms with E-state index >= 15 is 0 Å². The van der Waals surface area contributed by atoms with Crippen molar-refractivity contribution in [3.63, 3.8) is 0 Å². The molecule has 1 aromatic heterocycles. The van der Waals surface area contributed by atoms with E-state index in [0.29, 0.717) is 31.7 Å². The van der Waals surface area contributed by atoms with Crippen molar-refractivity contribution < 1.29 is 17.9 Å². The van der Waals surface area contributed by atoms with E-state index in [1.54, 1.807) is 7.05 Å². The third-order valence-corrected chi connectivity index (χ3v) is 8.24. The summed E-state index contributed by atoms with van der Waals surface area (Å²) in [6, 6.07) is 0.424. The van der Waals surface area contributed by atoms with Crippen LogP contribution in [0.4, 0.5) is 16.3 Å². The number of hydroxylamine groups is 1. The molecule has 1 N–H and O–H groups in total. The largest absolute Gasteiger partial charge is 0.740 e. The van der Waals surface area contributed by atoms with E-state index < -0.39 is 26.8 Å². The van der Waals surface area contributed by atoms with Gasteiger partial charge in [-0.3, -0.25) is 9.15 Å². The van der Waals surface area contributed by atoms with Gasteiger partial charge in [0.2, 0.25) is 0 Å². The van der Waals surface area contributed by atoms with Crippen LogP contribution in [0.3, 0.4) is 0 Å². The van der Waals surface area contributed by atoms with Gasteiger partial charge in [-0.15, -0.1) is 5.10 Å². The van der Waals surface area contributed by atoms with Gasteiger partial charge in [0.15, 0.2) is 5.82 Å². The van der Waals surface area contributed by atoms with Crippen molar-refractivity contribution in [1.82, 2.24) is 19.5 Å². The Morgan fingerprint density at radius 3 is 2.36 bits per heavy atom. The molecular weight excluding hydrogens is 448 g/mol. The van der Waals surface area contributed by atoms with E-state index in [-0.39, 0.29) is 5.82 Å². The fourth-order valence-electron chi connectivity index (χ4n) is 5.15. The second kappa shape index (κ2) is 8.58. The Morgan fingerprint density at radius 1 is 1.15 bits per heavy atom. The smallest absolute Gasteiger partial charge is 0.326 e. The summed E-state index contributed by atoms with van der Waals surface area (Å²) < 4.78 is 34.0. The third kappa shape index (κ3) is 3.96. The maximum absolute atomic E-state index is 13.4. The summed E-state index contributed by atoms with van der Waals surface area (Å²) in [5.74, 6) is -0.000422. The molecule has 0 atom stereocenters. The summed E-state index contributed by atoms with van der Waals surface area (Å²) in [6.45, 7) is 0.703. The standard InChI is InChI=1S/C21H27N6O5S/c1-25-13-19(23-24-25)26(16-8-10-32-11-9-16)33(30,31)27(29)21(28)22-20-17-6-2-4-14(17)12-15-5-3-7-18(15)20/h12-13,16H,2-11H2,1H3,(H,22,28)/q-1. The van der Waals surface area contributed by atoms with Gasteiger partial charge in [0.25, 0.3) is 0 Å². The van der Waals surface area contributed by atoms with Gasteiger partial charge in [-0.2, -0.15) is 8.42 Å². The minimum absolute atomic E-state index is 0.000422. The van der Waals surface area contributed by atoms with E-state index in [1.165, 1.54) is 22.0 Å². The SMILES string of the molecule is Cn1cc(N(C2CCOCC2)S(=O)(=O)N([O-])C(=O)Nc2c3c(cc4c2CCC4)CCC3)nn1. The van der Waals surface area contributed by atoms with Gasteiger partial charge in [-0.05, 0) is 73.6 Å². The van der Waals surface area contributed by atoms with Crippen LogP contribution in [0.5, 0.6) is 0 Å². The normalized spacial score (nSPS) is 18.1. The number of aromatic nitrogens is 3. The minimum atomic E-state index is -4.76. The van der Waals surface area contributed by atoms with Crippen molar-refractivity contribution in [3.05, 3.63) is 39.7 Å². The molecule has 2 aliphatic carbocycles. The molecule has 2 amide bonds. The molecule has 0 unspecified atom stereocenters. The van der Waals surface area contributed by atoms with Crippen molar-refractivity contribution in [1.29, 1.82) is 0 Å². The van der Waals surface area contributed by atoms with Gasteiger partial charge < -0.3 is 15.3 Å². The Bertz CT molecular complexity index is 1140. The van der Waals surface area contributed by atoms with E-state index in [0.717, 1.165) is 54.0 Å². The fourth-order valence-corrected chi connectivity index (χ4v) is 6.48. The van der Waals surface area contributed by atoms with Crippen LogP contribution < -0.4 is 9.62 Å². The first-order chi connectivity index (χ1) is 15.9. The van der Waals surface area contributed by atoms with Gasteiger partial charge >= 0.3 is 16.2 Å². The molecule has 5 rings (SSSR count). The van der Waals surface area contributed by atoms with Crippen LogP contribution >= 0.6 is 0 Å². The Hall–Kier alpha value is -2.70. The number of fused-ring (bicyclic) bond motifs is 2. The van der Waals surface area contributed by atoms with Crippen molar-refractivity contribution >= 4 is 27.7 Å². The summed E-state index contributed by atoms with van der Waals surface area (Å²) in [5.41, 5.74) is 5.01. The first-order valence-corrected chi connectivity index (χ1v) is 12.7. The quantitative estimate of drug-likeness (QED) is 0.655. The lowest BCUT2D eigenvalue weighted by Gasteiger charge is -2.38. The lowest BCUT2D eigenvalue weighted by Crippen LogP contribution is -2.51. The molecule has 2 aromatic rings. The number of hydrogen-bond donors (Lipinski definition) is 1. The summed E-state index contributed by atoms with van der Waals surface area (Å²) in [6.07, 6.45) is 7.58. The maximum Gasteiger partial charge on any atom is 0.326 e. The van der Waals surface area contributed by atoms with Gasteiger partial charge in [0.05, 0.1) is 12.2 Å². The summed E-state index contributed by atoms with van der Waals surface area (Å²) in [5, 5.41) is 23.4. The second-order valence-electron chi connectivity index (χ2n) is 8.79. The molecule has 12 heteroatoms. The van der Waals surface area contributed by atoms with Crippen LogP contribution in [0.2, 0.25) is 0 Å². The molecule has 0 bridgehead atoms. The first-order valence-electron chi connectivity index (χ1n) is 11.3. The number of hydrogen-bond acceptors (Lipinski definition) is 7. The highest BCUT2D eigenvalue weighted by Crippen LogP contribution is 2.39. The van der Waals surface area contributed by atoms with Crippen LogP contribution in [0.1, 0.15) is 47.9 Å². The molecular formula is C21H27N6O5S-. The average Bonchev–Trinajstić information content (AvgIpc) is 3.55. The van der Waals surface area contributed by atoms with E-state index in [9.17, 15) is 18.4 Å². The summed E-state index contributed by atoms with van der Waals surface area (Å²) in [4.78, 5) is 13.0. The topological polar surface area (TPSA) is 133 Å². The monoisotopic (exact) mass is 475 g/mol. The Labute approximate surface area is 192 Å². The molecule has 0 radical (unpaired) electrons. The van der Waals surface area contributed by atoms with Crippen LogP contribution in [0, 0.1) is 5.21 Å².